The number of rotatable bonds is 5. The first-order valence-corrected chi connectivity index (χ1v) is 7.52. The van der Waals surface area contributed by atoms with E-state index < -0.39 is 29.6 Å². The highest BCUT2D eigenvalue weighted by atomic mass is 35.5. The minimum atomic E-state index is -1.38. The fourth-order valence-electron chi connectivity index (χ4n) is 2.15. The maximum absolute atomic E-state index is 13.6. The number of carbonyl (C=O) groups excluding carboxylic acids is 2. The first kappa shape index (κ1) is 18.4. The van der Waals surface area contributed by atoms with Crippen LogP contribution in [0.3, 0.4) is 0 Å². The van der Waals surface area contributed by atoms with Crippen molar-refractivity contribution in [1.29, 1.82) is 0 Å². The lowest BCUT2D eigenvalue weighted by Gasteiger charge is -2.16. The average Bonchev–Trinajstić information content (AvgIpc) is 2.54. The van der Waals surface area contributed by atoms with Crippen molar-refractivity contribution in [3.8, 4) is 0 Å². The largest absolute Gasteiger partial charge is 0.479 e. The van der Waals surface area contributed by atoms with Crippen molar-refractivity contribution in [3.05, 3.63) is 64.4 Å². The topological polar surface area (TPSA) is 95.5 Å². The lowest BCUT2D eigenvalue weighted by molar-refractivity contribution is -0.139. The van der Waals surface area contributed by atoms with Gasteiger partial charge in [-0.2, -0.15) is 0 Å². The number of benzene rings is 2. The highest BCUT2D eigenvalue weighted by Gasteiger charge is 2.25. The summed E-state index contributed by atoms with van der Waals surface area (Å²) in [5, 5.41) is 14.1. The zero-order chi connectivity index (χ0) is 18.6. The predicted molar refractivity (Wildman–Crippen MR) is 90.0 cm³/mol. The summed E-state index contributed by atoms with van der Waals surface area (Å²) in [7, 11) is 0. The van der Waals surface area contributed by atoms with Gasteiger partial charge in [-0.25, -0.2) is 9.18 Å². The third-order valence-electron chi connectivity index (χ3n) is 3.28. The zero-order valence-corrected chi connectivity index (χ0v) is 13.8. The van der Waals surface area contributed by atoms with E-state index in [-0.39, 0.29) is 21.8 Å². The molecule has 0 aliphatic heterocycles. The number of aliphatic carboxylic acids is 1. The molecule has 2 amide bonds. The molecule has 0 aliphatic carbocycles. The molecule has 3 N–H and O–H groups in total. The van der Waals surface area contributed by atoms with Gasteiger partial charge in [0, 0.05) is 23.1 Å². The van der Waals surface area contributed by atoms with Gasteiger partial charge in [-0.3, -0.25) is 9.59 Å². The molecule has 2 rings (SSSR count). The SMILES string of the molecule is CC(=O)Nc1cc(C(=O)NC(C(=O)O)c2ccccc2Cl)ccc1F. The Kier molecular flexibility index (Phi) is 5.71. The summed E-state index contributed by atoms with van der Waals surface area (Å²) in [6.45, 7) is 1.20. The average molecular weight is 365 g/mol. The molecule has 0 aromatic heterocycles. The second-order valence-electron chi connectivity index (χ2n) is 5.14. The van der Waals surface area contributed by atoms with Gasteiger partial charge < -0.3 is 15.7 Å². The number of anilines is 1. The highest BCUT2D eigenvalue weighted by molar-refractivity contribution is 6.31. The number of carboxylic acids is 1. The van der Waals surface area contributed by atoms with Gasteiger partial charge in [-0.1, -0.05) is 29.8 Å². The first-order chi connectivity index (χ1) is 11.8. The third-order valence-corrected chi connectivity index (χ3v) is 3.62. The molecule has 1 unspecified atom stereocenters. The predicted octanol–water partition coefficient (Wildman–Crippen LogP) is 2.99. The summed E-state index contributed by atoms with van der Waals surface area (Å²) in [5.41, 5.74) is 0.0300. The summed E-state index contributed by atoms with van der Waals surface area (Å²) in [6.07, 6.45) is 0. The van der Waals surface area contributed by atoms with Crippen LogP contribution in [-0.2, 0) is 9.59 Å². The van der Waals surface area contributed by atoms with Crippen molar-refractivity contribution in [2.24, 2.45) is 0 Å². The van der Waals surface area contributed by atoms with Gasteiger partial charge in [-0.15, -0.1) is 0 Å². The molecule has 2 aromatic carbocycles. The summed E-state index contributed by atoms with van der Waals surface area (Å²) < 4.78 is 13.6. The molecular formula is C17H14ClFN2O4. The highest BCUT2D eigenvalue weighted by Crippen LogP contribution is 2.24. The Balaban J connectivity index is 2.29. The Hall–Kier alpha value is -2.93. The lowest BCUT2D eigenvalue weighted by atomic mass is 10.1. The van der Waals surface area contributed by atoms with Crippen molar-refractivity contribution in [2.75, 3.05) is 5.32 Å². The minimum absolute atomic E-state index is 0.0107. The molecule has 0 bridgehead atoms. The van der Waals surface area contributed by atoms with E-state index in [9.17, 15) is 23.9 Å². The molecule has 6 nitrogen and oxygen atoms in total. The van der Waals surface area contributed by atoms with Gasteiger partial charge in [0.15, 0.2) is 6.04 Å². The van der Waals surface area contributed by atoms with E-state index in [1.807, 2.05) is 0 Å². The van der Waals surface area contributed by atoms with Crippen LogP contribution in [0, 0.1) is 5.82 Å². The molecule has 0 fully saturated rings. The fraction of sp³-hybridized carbons (Fsp3) is 0.118. The van der Waals surface area contributed by atoms with Crippen LogP contribution < -0.4 is 10.6 Å². The van der Waals surface area contributed by atoms with Gasteiger partial charge in [-0.05, 0) is 24.3 Å². The monoisotopic (exact) mass is 364 g/mol. The van der Waals surface area contributed by atoms with Crippen molar-refractivity contribution in [1.82, 2.24) is 5.32 Å². The molecule has 2 aromatic rings. The molecule has 0 saturated heterocycles. The number of halogens is 2. The molecule has 0 aliphatic rings. The van der Waals surface area contributed by atoms with Crippen LogP contribution in [-0.4, -0.2) is 22.9 Å². The maximum atomic E-state index is 13.6. The number of hydrogen-bond acceptors (Lipinski definition) is 3. The molecule has 0 radical (unpaired) electrons. The molecule has 0 heterocycles. The molecular weight excluding hydrogens is 351 g/mol. The molecule has 1 atom stereocenters. The van der Waals surface area contributed by atoms with E-state index >= 15 is 0 Å². The number of nitrogens with one attached hydrogen (secondary N) is 2. The Bertz CT molecular complexity index is 841. The van der Waals surface area contributed by atoms with Crippen LogP contribution >= 0.6 is 11.6 Å². The third kappa shape index (κ3) is 4.54. The van der Waals surface area contributed by atoms with E-state index in [1.165, 1.54) is 25.1 Å². The van der Waals surface area contributed by atoms with Crippen LogP contribution in [0.4, 0.5) is 10.1 Å². The van der Waals surface area contributed by atoms with Crippen LogP contribution in [0.25, 0.3) is 0 Å². The Morgan fingerprint density at radius 1 is 1.16 bits per heavy atom. The summed E-state index contributed by atoms with van der Waals surface area (Å²) in [5.74, 6) is -3.27. The number of amides is 2. The van der Waals surface area contributed by atoms with Crippen molar-refractivity contribution >= 4 is 35.1 Å². The van der Waals surface area contributed by atoms with Crippen LogP contribution in [0.2, 0.25) is 5.02 Å². The summed E-state index contributed by atoms with van der Waals surface area (Å²) in [6, 6.07) is 8.14. The second-order valence-corrected chi connectivity index (χ2v) is 5.55. The smallest absolute Gasteiger partial charge is 0.330 e. The number of carbonyl (C=O) groups is 3. The van der Waals surface area contributed by atoms with Crippen LogP contribution in [0.5, 0.6) is 0 Å². The second kappa shape index (κ2) is 7.76. The van der Waals surface area contributed by atoms with Gasteiger partial charge in [0.05, 0.1) is 5.69 Å². The molecule has 0 saturated carbocycles. The number of carboxylic acid groups (broad SMARTS) is 1. The van der Waals surface area contributed by atoms with Crippen LogP contribution in [0.1, 0.15) is 28.9 Å². The van der Waals surface area contributed by atoms with E-state index in [1.54, 1.807) is 12.1 Å². The fourth-order valence-corrected chi connectivity index (χ4v) is 2.39. The van der Waals surface area contributed by atoms with E-state index in [0.29, 0.717) is 0 Å². The van der Waals surface area contributed by atoms with E-state index in [4.69, 9.17) is 11.6 Å². The Labute approximate surface area is 147 Å². The lowest BCUT2D eigenvalue weighted by Crippen LogP contribution is -2.34. The molecule has 25 heavy (non-hydrogen) atoms. The maximum Gasteiger partial charge on any atom is 0.330 e. The van der Waals surface area contributed by atoms with Crippen LogP contribution in [0.15, 0.2) is 42.5 Å². The molecule has 130 valence electrons. The standard InChI is InChI=1S/C17H14ClFN2O4/c1-9(22)20-14-8-10(6-7-13(14)19)16(23)21-15(17(24)25)11-4-2-3-5-12(11)18/h2-8,15H,1H3,(H,20,22)(H,21,23)(H,24,25). The van der Waals surface area contributed by atoms with E-state index in [0.717, 1.165) is 12.1 Å². The molecule has 0 spiro atoms. The van der Waals surface area contributed by atoms with Crippen molar-refractivity contribution < 1.29 is 23.9 Å². The minimum Gasteiger partial charge on any atom is -0.479 e. The Morgan fingerprint density at radius 3 is 2.44 bits per heavy atom. The first-order valence-electron chi connectivity index (χ1n) is 7.15. The van der Waals surface area contributed by atoms with Crippen molar-refractivity contribution in [2.45, 2.75) is 13.0 Å². The van der Waals surface area contributed by atoms with Gasteiger partial charge >= 0.3 is 5.97 Å². The summed E-state index contributed by atoms with van der Waals surface area (Å²) in [4.78, 5) is 34.9. The summed E-state index contributed by atoms with van der Waals surface area (Å²) >= 11 is 5.98. The van der Waals surface area contributed by atoms with E-state index in [2.05, 4.69) is 10.6 Å². The zero-order valence-electron chi connectivity index (χ0n) is 13.0. The van der Waals surface area contributed by atoms with Gasteiger partial charge in [0.2, 0.25) is 5.91 Å². The number of hydrogen-bond donors (Lipinski definition) is 3. The normalized spacial score (nSPS) is 11.5. The Morgan fingerprint density at radius 2 is 1.84 bits per heavy atom. The van der Waals surface area contributed by atoms with Gasteiger partial charge in [0.1, 0.15) is 5.82 Å². The quantitative estimate of drug-likeness (QED) is 0.760. The molecule has 8 heteroatoms. The van der Waals surface area contributed by atoms with Gasteiger partial charge in [0.25, 0.3) is 5.91 Å². The van der Waals surface area contributed by atoms with Crippen molar-refractivity contribution in [3.63, 3.8) is 0 Å².